The molecule has 2 aromatic rings. The zero-order chi connectivity index (χ0) is 19.5. The minimum absolute atomic E-state index is 0.0605. The highest BCUT2D eigenvalue weighted by atomic mass is 79.9. The van der Waals surface area contributed by atoms with Crippen molar-refractivity contribution in [3.8, 4) is 5.75 Å². The fraction of sp³-hybridized carbons (Fsp3) is 0.278. The number of rotatable bonds is 5. The summed E-state index contributed by atoms with van der Waals surface area (Å²) < 4.78 is 34.1. The number of carbonyl (C=O) groups excluding carboxylic acids is 1. The zero-order valence-corrected chi connectivity index (χ0v) is 17.4. The minimum Gasteiger partial charge on any atom is -0.495 e. The van der Waals surface area contributed by atoms with Crippen molar-refractivity contribution in [1.82, 2.24) is 0 Å². The number of nitrogens with one attached hydrogen (secondary N) is 2. The maximum atomic E-state index is 12.8. The largest absolute Gasteiger partial charge is 0.495 e. The van der Waals surface area contributed by atoms with Gasteiger partial charge < -0.3 is 10.1 Å². The van der Waals surface area contributed by atoms with Gasteiger partial charge in [-0.15, -0.1) is 0 Å². The summed E-state index contributed by atoms with van der Waals surface area (Å²) >= 11 is 3.30. The molecule has 0 saturated carbocycles. The van der Waals surface area contributed by atoms with Crippen LogP contribution in [0.2, 0.25) is 0 Å². The van der Waals surface area contributed by atoms with Crippen molar-refractivity contribution in [3.63, 3.8) is 0 Å². The molecule has 0 bridgehead atoms. The molecule has 0 spiro atoms. The van der Waals surface area contributed by atoms with E-state index in [1.807, 2.05) is 0 Å². The first-order valence-electron chi connectivity index (χ1n) is 7.81. The van der Waals surface area contributed by atoms with Crippen LogP contribution in [0, 0.1) is 5.41 Å². The Kier molecular flexibility index (Phi) is 5.98. The number of benzene rings is 2. The van der Waals surface area contributed by atoms with Crippen LogP contribution in [0.15, 0.2) is 51.8 Å². The average Bonchev–Trinajstić information content (AvgIpc) is 2.56. The fourth-order valence-electron chi connectivity index (χ4n) is 2.01. The number of hydrogen-bond acceptors (Lipinski definition) is 4. The lowest BCUT2D eigenvalue weighted by Gasteiger charge is -2.19. The summed E-state index contributed by atoms with van der Waals surface area (Å²) in [5, 5.41) is 2.72. The van der Waals surface area contributed by atoms with Crippen LogP contribution in [0.1, 0.15) is 20.8 Å². The molecule has 2 aromatic carbocycles. The number of amides is 1. The van der Waals surface area contributed by atoms with Gasteiger partial charge >= 0.3 is 0 Å². The van der Waals surface area contributed by atoms with Crippen molar-refractivity contribution in [1.29, 1.82) is 0 Å². The van der Waals surface area contributed by atoms with Gasteiger partial charge in [-0.1, -0.05) is 36.7 Å². The molecule has 0 aliphatic heterocycles. The first-order chi connectivity index (χ1) is 12.0. The summed E-state index contributed by atoms with van der Waals surface area (Å²) in [6.45, 7) is 5.33. The summed E-state index contributed by atoms with van der Waals surface area (Å²) in [6, 6.07) is 11.2. The van der Waals surface area contributed by atoms with Crippen molar-refractivity contribution >= 4 is 43.2 Å². The SMILES string of the molecule is COc1ccc(NC(=O)C(C)(C)C)cc1S(=O)(=O)Nc1ccc(Br)cc1. The standard InChI is InChI=1S/C18H21BrN2O4S/c1-18(2,3)17(22)20-14-9-10-15(25-4)16(11-14)26(23,24)21-13-7-5-12(19)6-8-13/h5-11,21H,1-4H3,(H,20,22). The normalized spacial score (nSPS) is 11.7. The van der Waals surface area contributed by atoms with Crippen LogP contribution in [-0.4, -0.2) is 21.4 Å². The number of methoxy groups -OCH3 is 1. The van der Waals surface area contributed by atoms with E-state index in [1.54, 1.807) is 51.1 Å². The molecule has 8 heteroatoms. The number of hydrogen-bond donors (Lipinski definition) is 2. The van der Waals surface area contributed by atoms with Crippen molar-refractivity contribution < 1.29 is 17.9 Å². The number of ether oxygens (including phenoxy) is 1. The van der Waals surface area contributed by atoms with Crippen LogP contribution < -0.4 is 14.8 Å². The second-order valence-corrected chi connectivity index (χ2v) is 9.25. The Morgan fingerprint density at radius 3 is 2.15 bits per heavy atom. The summed E-state index contributed by atoms with van der Waals surface area (Å²) in [6.07, 6.45) is 0. The van der Waals surface area contributed by atoms with Crippen molar-refractivity contribution in [2.45, 2.75) is 25.7 Å². The summed E-state index contributed by atoms with van der Waals surface area (Å²) in [5.74, 6) is -0.0322. The van der Waals surface area contributed by atoms with Gasteiger partial charge in [-0.3, -0.25) is 9.52 Å². The highest BCUT2D eigenvalue weighted by Crippen LogP contribution is 2.30. The number of sulfonamides is 1. The lowest BCUT2D eigenvalue weighted by atomic mass is 9.95. The lowest BCUT2D eigenvalue weighted by molar-refractivity contribution is -0.123. The predicted octanol–water partition coefficient (Wildman–Crippen LogP) is 4.24. The highest BCUT2D eigenvalue weighted by molar-refractivity contribution is 9.10. The summed E-state index contributed by atoms with van der Waals surface area (Å²) in [4.78, 5) is 12.1. The third-order valence-electron chi connectivity index (χ3n) is 3.49. The first-order valence-corrected chi connectivity index (χ1v) is 10.1. The Morgan fingerprint density at radius 1 is 1.04 bits per heavy atom. The Hall–Kier alpha value is -2.06. The van der Waals surface area contributed by atoms with Crippen LogP contribution in [0.4, 0.5) is 11.4 Å². The first kappa shape index (κ1) is 20.3. The quantitative estimate of drug-likeness (QED) is 0.727. The Morgan fingerprint density at radius 2 is 1.62 bits per heavy atom. The number of carbonyl (C=O) groups is 1. The van der Waals surface area contributed by atoms with Crippen LogP contribution >= 0.6 is 15.9 Å². The maximum Gasteiger partial charge on any atom is 0.265 e. The van der Waals surface area contributed by atoms with Crippen LogP contribution in [-0.2, 0) is 14.8 Å². The van der Waals surface area contributed by atoms with Gasteiger partial charge in [0.05, 0.1) is 7.11 Å². The van der Waals surface area contributed by atoms with E-state index in [1.165, 1.54) is 19.2 Å². The Bertz CT molecular complexity index is 904. The van der Waals surface area contributed by atoms with E-state index in [-0.39, 0.29) is 16.6 Å². The second kappa shape index (κ2) is 7.67. The summed E-state index contributed by atoms with van der Waals surface area (Å²) in [7, 11) is -2.51. The van der Waals surface area contributed by atoms with Crippen molar-refractivity contribution in [3.05, 3.63) is 46.9 Å². The van der Waals surface area contributed by atoms with Crippen LogP contribution in [0.3, 0.4) is 0 Å². The van der Waals surface area contributed by atoms with E-state index in [0.717, 1.165) is 4.47 Å². The number of halogens is 1. The molecule has 0 heterocycles. The Labute approximate surface area is 162 Å². The molecule has 26 heavy (non-hydrogen) atoms. The molecule has 0 saturated heterocycles. The molecule has 0 radical (unpaired) electrons. The molecule has 140 valence electrons. The molecule has 0 aromatic heterocycles. The molecule has 2 rings (SSSR count). The van der Waals surface area contributed by atoms with E-state index in [0.29, 0.717) is 11.4 Å². The van der Waals surface area contributed by atoms with E-state index < -0.39 is 15.4 Å². The van der Waals surface area contributed by atoms with Gasteiger partial charge in [0.15, 0.2) is 0 Å². The molecule has 0 fully saturated rings. The third kappa shape index (κ3) is 4.98. The molecular formula is C18H21BrN2O4S. The molecule has 0 aliphatic rings. The van der Waals surface area contributed by atoms with Gasteiger partial charge in [0.2, 0.25) is 5.91 Å². The molecule has 0 atom stereocenters. The highest BCUT2D eigenvalue weighted by Gasteiger charge is 2.24. The van der Waals surface area contributed by atoms with E-state index in [9.17, 15) is 13.2 Å². The minimum atomic E-state index is -3.90. The van der Waals surface area contributed by atoms with Gasteiger partial charge in [0.1, 0.15) is 10.6 Å². The van der Waals surface area contributed by atoms with E-state index >= 15 is 0 Å². The second-order valence-electron chi connectivity index (χ2n) is 6.68. The van der Waals surface area contributed by atoms with Gasteiger partial charge in [-0.05, 0) is 42.5 Å². The summed E-state index contributed by atoms with van der Waals surface area (Å²) in [5.41, 5.74) is 0.190. The molecule has 6 nitrogen and oxygen atoms in total. The van der Waals surface area contributed by atoms with Gasteiger partial charge in [-0.2, -0.15) is 0 Å². The fourth-order valence-corrected chi connectivity index (χ4v) is 3.53. The lowest BCUT2D eigenvalue weighted by Crippen LogP contribution is -2.27. The van der Waals surface area contributed by atoms with Gasteiger partial charge in [0.25, 0.3) is 10.0 Å². The molecular weight excluding hydrogens is 420 g/mol. The zero-order valence-electron chi connectivity index (χ0n) is 15.0. The van der Waals surface area contributed by atoms with Gasteiger partial charge in [0, 0.05) is 21.3 Å². The average molecular weight is 441 g/mol. The van der Waals surface area contributed by atoms with Crippen molar-refractivity contribution in [2.24, 2.45) is 5.41 Å². The molecule has 2 N–H and O–H groups in total. The van der Waals surface area contributed by atoms with Crippen molar-refractivity contribution in [2.75, 3.05) is 17.1 Å². The van der Waals surface area contributed by atoms with E-state index in [2.05, 4.69) is 26.0 Å². The predicted molar refractivity (Wildman–Crippen MR) is 106 cm³/mol. The maximum absolute atomic E-state index is 12.8. The van der Waals surface area contributed by atoms with Crippen LogP contribution in [0.25, 0.3) is 0 Å². The molecule has 1 amide bonds. The smallest absolute Gasteiger partial charge is 0.265 e. The monoisotopic (exact) mass is 440 g/mol. The number of anilines is 2. The van der Waals surface area contributed by atoms with Crippen LogP contribution in [0.5, 0.6) is 5.75 Å². The third-order valence-corrected chi connectivity index (χ3v) is 5.42. The van der Waals surface area contributed by atoms with Gasteiger partial charge in [-0.25, -0.2) is 8.42 Å². The molecule has 0 aliphatic carbocycles. The topological polar surface area (TPSA) is 84.5 Å². The molecule has 0 unspecified atom stereocenters. The van der Waals surface area contributed by atoms with E-state index in [4.69, 9.17) is 4.74 Å². The Balaban J connectivity index is 2.37.